The van der Waals surface area contributed by atoms with E-state index in [0.717, 1.165) is 22.5 Å². The van der Waals surface area contributed by atoms with Gasteiger partial charge in [0.25, 0.3) is 0 Å². The Morgan fingerprint density at radius 1 is 0.903 bits per heavy atom. The molecule has 0 aliphatic carbocycles. The second-order valence-corrected chi connectivity index (χ2v) is 8.23. The number of hydrogen-bond donors (Lipinski definition) is 1. The molecule has 1 atom stereocenters. The molecule has 162 valence electrons. The Balaban J connectivity index is 1.33. The Hall–Kier alpha value is -3.35. The number of anilines is 2. The van der Waals surface area contributed by atoms with Gasteiger partial charge in [0.2, 0.25) is 11.8 Å². The van der Waals surface area contributed by atoms with Gasteiger partial charge < -0.3 is 20.0 Å². The predicted molar refractivity (Wildman–Crippen MR) is 120 cm³/mol. The zero-order chi connectivity index (χ0) is 22.0. The Kier molecular flexibility index (Phi) is 5.93. The number of urea groups is 1. The number of aryl methyl sites for hydroxylation is 1. The van der Waals surface area contributed by atoms with E-state index >= 15 is 0 Å². The number of hydrogen-bond acceptors (Lipinski definition) is 3. The van der Waals surface area contributed by atoms with Gasteiger partial charge in [-0.3, -0.25) is 9.59 Å². The molecule has 2 aromatic rings. The van der Waals surface area contributed by atoms with Gasteiger partial charge >= 0.3 is 6.03 Å². The molecule has 2 saturated heterocycles. The number of benzene rings is 2. The summed E-state index contributed by atoms with van der Waals surface area (Å²) in [6.07, 6.45) is 0.237. The first-order valence-corrected chi connectivity index (χ1v) is 10.7. The standard InChI is InChI=1S/C24H28N4O3/c1-17-7-6-10-21(18(17)2)28-16-19(15-22(28)29)23(30)26-11-13-27(14-12-26)24(31)25-20-8-4-3-5-9-20/h3-10,19H,11-16H2,1-2H3,(H,25,31)/t19-/m0/s1. The van der Waals surface area contributed by atoms with Crippen LogP contribution in [-0.2, 0) is 9.59 Å². The Morgan fingerprint density at radius 2 is 1.58 bits per heavy atom. The number of carbonyl (C=O) groups excluding carboxylic acids is 3. The van der Waals surface area contributed by atoms with Gasteiger partial charge in [0.1, 0.15) is 0 Å². The van der Waals surface area contributed by atoms with Crippen LogP contribution in [0.4, 0.5) is 16.2 Å². The van der Waals surface area contributed by atoms with Crippen molar-refractivity contribution in [3.8, 4) is 0 Å². The van der Waals surface area contributed by atoms with Crippen LogP contribution in [0.25, 0.3) is 0 Å². The van der Waals surface area contributed by atoms with E-state index in [2.05, 4.69) is 5.32 Å². The van der Waals surface area contributed by atoms with E-state index in [1.165, 1.54) is 0 Å². The lowest BCUT2D eigenvalue weighted by atomic mass is 10.1. The summed E-state index contributed by atoms with van der Waals surface area (Å²) in [5.41, 5.74) is 3.84. The van der Waals surface area contributed by atoms with Crippen LogP contribution in [0.1, 0.15) is 17.5 Å². The molecule has 1 N–H and O–H groups in total. The monoisotopic (exact) mass is 420 g/mol. The molecule has 0 unspecified atom stereocenters. The van der Waals surface area contributed by atoms with Gasteiger partial charge in [-0.15, -0.1) is 0 Å². The van der Waals surface area contributed by atoms with Crippen molar-refractivity contribution in [1.82, 2.24) is 9.80 Å². The molecule has 2 heterocycles. The fraction of sp³-hybridized carbons (Fsp3) is 0.375. The average Bonchev–Trinajstić information content (AvgIpc) is 3.17. The molecular formula is C24H28N4O3. The number of piperazine rings is 1. The van der Waals surface area contributed by atoms with Crippen molar-refractivity contribution in [2.45, 2.75) is 20.3 Å². The van der Waals surface area contributed by atoms with Gasteiger partial charge in [-0.2, -0.15) is 0 Å². The summed E-state index contributed by atoms with van der Waals surface area (Å²) >= 11 is 0. The maximum atomic E-state index is 13.1. The molecule has 0 spiro atoms. The van der Waals surface area contributed by atoms with Gasteiger partial charge in [0.05, 0.1) is 5.92 Å². The molecule has 2 aromatic carbocycles. The smallest absolute Gasteiger partial charge is 0.321 e. The van der Waals surface area contributed by atoms with Gasteiger partial charge in [-0.05, 0) is 43.2 Å². The van der Waals surface area contributed by atoms with Crippen LogP contribution >= 0.6 is 0 Å². The van der Waals surface area contributed by atoms with Crippen molar-refractivity contribution in [1.29, 1.82) is 0 Å². The number of rotatable bonds is 3. The Bertz CT molecular complexity index is 984. The number of nitrogens with zero attached hydrogens (tertiary/aromatic N) is 3. The predicted octanol–water partition coefficient (Wildman–Crippen LogP) is 3.03. The Morgan fingerprint density at radius 3 is 2.29 bits per heavy atom. The highest BCUT2D eigenvalue weighted by Gasteiger charge is 2.38. The maximum absolute atomic E-state index is 13.1. The zero-order valence-electron chi connectivity index (χ0n) is 18.0. The lowest BCUT2D eigenvalue weighted by Crippen LogP contribution is -2.53. The third-order valence-corrected chi connectivity index (χ3v) is 6.24. The summed E-state index contributed by atoms with van der Waals surface area (Å²) in [7, 11) is 0. The largest absolute Gasteiger partial charge is 0.339 e. The summed E-state index contributed by atoms with van der Waals surface area (Å²) in [6, 6.07) is 15.1. The normalized spacial score (nSPS) is 19.0. The van der Waals surface area contributed by atoms with Crippen LogP contribution in [0.5, 0.6) is 0 Å². The van der Waals surface area contributed by atoms with E-state index in [-0.39, 0.29) is 30.2 Å². The van der Waals surface area contributed by atoms with Gasteiger partial charge in [0.15, 0.2) is 0 Å². The second-order valence-electron chi connectivity index (χ2n) is 8.23. The van der Waals surface area contributed by atoms with Crippen LogP contribution in [0, 0.1) is 19.8 Å². The topological polar surface area (TPSA) is 73.0 Å². The quantitative estimate of drug-likeness (QED) is 0.830. The lowest BCUT2D eigenvalue weighted by Gasteiger charge is -2.35. The highest BCUT2D eigenvalue weighted by atomic mass is 16.2. The van der Waals surface area contributed by atoms with Crippen LogP contribution in [0.3, 0.4) is 0 Å². The first kappa shape index (κ1) is 20.9. The van der Waals surface area contributed by atoms with Crippen molar-refractivity contribution in [3.05, 3.63) is 59.7 Å². The first-order chi connectivity index (χ1) is 14.9. The molecule has 0 aromatic heterocycles. The molecule has 0 saturated carbocycles. The molecule has 2 aliphatic rings. The van der Waals surface area contributed by atoms with Crippen molar-refractivity contribution in [2.75, 3.05) is 42.9 Å². The van der Waals surface area contributed by atoms with Crippen LogP contribution < -0.4 is 10.2 Å². The first-order valence-electron chi connectivity index (χ1n) is 10.7. The molecule has 4 rings (SSSR count). The molecule has 7 nitrogen and oxygen atoms in total. The number of carbonyl (C=O) groups is 3. The highest BCUT2D eigenvalue weighted by molar-refractivity contribution is 6.01. The van der Waals surface area contributed by atoms with Crippen molar-refractivity contribution >= 4 is 29.2 Å². The molecule has 0 bridgehead atoms. The fourth-order valence-corrected chi connectivity index (χ4v) is 4.25. The van der Waals surface area contributed by atoms with Crippen LogP contribution in [-0.4, -0.2) is 60.4 Å². The van der Waals surface area contributed by atoms with Crippen LogP contribution in [0.15, 0.2) is 48.5 Å². The van der Waals surface area contributed by atoms with Crippen molar-refractivity contribution < 1.29 is 14.4 Å². The van der Waals surface area contributed by atoms with Crippen LogP contribution in [0.2, 0.25) is 0 Å². The zero-order valence-corrected chi connectivity index (χ0v) is 18.0. The lowest BCUT2D eigenvalue weighted by molar-refractivity contribution is -0.137. The van der Waals surface area contributed by atoms with Crippen molar-refractivity contribution in [2.24, 2.45) is 5.92 Å². The van der Waals surface area contributed by atoms with E-state index in [9.17, 15) is 14.4 Å². The van der Waals surface area contributed by atoms with Crippen molar-refractivity contribution in [3.63, 3.8) is 0 Å². The molecule has 2 aliphatic heterocycles. The van der Waals surface area contributed by atoms with Gasteiger partial charge in [-0.25, -0.2) is 4.79 Å². The minimum atomic E-state index is -0.336. The Labute approximate surface area is 182 Å². The SMILES string of the molecule is Cc1cccc(N2C[C@@H](C(=O)N3CCN(C(=O)Nc4ccccc4)CC3)CC2=O)c1C. The van der Waals surface area contributed by atoms with E-state index < -0.39 is 0 Å². The van der Waals surface area contributed by atoms with E-state index in [0.29, 0.717) is 32.7 Å². The second kappa shape index (κ2) is 8.79. The molecule has 0 radical (unpaired) electrons. The van der Waals surface area contributed by atoms with Gasteiger partial charge in [-0.1, -0.05) is 30.3 Å². The maximum Gasteiger partial charge on any atom is 0.321 e. The summed E-state index contributed by atoms with van der Waals surface area (Å²) in [5.74, 6) is -0.339. The van der Waals surface area contributed by atoms with Gasteiger partial charge in [0, 0.05) is 50.5 Å². The average molecular weight is 421 g/mol. The minimum Gasteiger partial charge on any atom is -0.339 e. The third-order valence-electron chi connectivity index (χ3n) is 6.24. The van der Waals surface area contributed by atoms with E-state index in [4.69, 9.17) is 0 Å². The summed E-state index contributed by atoms with van der Waals surface area (Å²) in [5, 5.41) is 2.88. The molecule has 2 fully saturated rings. The number of amides is 4. The molecule has 7 heteroatoms. The molecule has 31 heavy (non-hydrogen) atoms. The number of para-hydroxylation sites is 1. The fourth-order valence-electron chi connectivity index (χ4n) is 4.25. The summed E-state index contributed by atoms with van der Waals surface area (Å²) in [4.78, 5) is 43.4. The van der Waals surface area contributed by atoms with E-state index in [1.54, 1.807) is 14.7 Å². The number of nitrogens with one attached hydrogen (secondary N) is 1. The summed E-state index contributed by atoms with van der Waals surface area (Å²) < 4.78 is 0. The third kappa shape index (κ3) is 4.40. The molecule has 4 amide bonds. The summed E-state index contributed by atoms with van der Waals surface area (Å²) in [6.45, 7) is 6.36. The molecular weight excluding hydrogens is 392 g/mol. The highest BCUT2D eigenvalue weighted by Crippen LogP contribution is 2.30. The van der Waals surface area contributed by atoms with E-state index in [1.807, 2.05) is 62.4 Å². The minimum absolute atomic E-state index is 0.00396.